The number of benzene rings is 1. The number of hydrogen-bond acceptors (Lipinski definition) is 4. The molecule has 1 aliphatic rings. The summed E-state index contributed by atoms with van der Waals surface area (Å²) in [5.41, 5.74) is 2.04. The molecule has 5 nitrogen and oxygen atoms in total. The highest BCUT2D eigenvalue weighted by Gasteiger charge is 2.37. The first kappa shape index (κ1) is 19.7. The topological polar surface area (TPSA) is 50.8 Å². The molecule has 2 rings (SSSR count). The maximum absolute atomic E-state index is 12.7. The first-order valence-electron chi connectivity index (χ1n) is 8.13. The van der Waals surface area contributed by atoms with Gasteiger partial charge in [0, 0.05) is 17.8 Å². The van der Waals surface area contributed by atoms with Crippen molar-refractivity contribution in [3.8, 4) is 0 Å². The molecule has 0 saturated heterocycles. The second-order valence-corrected chi connectivity index (χ2v) is 6.59. The molecule has 1 N–H and O–H groups in total. The lowest BCUT2D eigenvalue weighted by Gasteiger charge is -2.40. The van der Waals surface area contributed by atoms with Crippen LogP contribution in [0.5, 0.6) is 0 Å². The summed E-state index contributed by atoms with van der Waals surface area (Å²) in [5.74, 6) is -0.380. The zero-order valence-electron chi connectivity index (χ0n) is 14.8. The number of carbonyl (C=O) groups is 1. The minimum Gasteiger partial charge on any atom is -0.463 e. The van der Waals surface area contributed by atoms with Gasteiger partial charge >= 0.3 is 5.97 Å². The van der Waals surface area contributed by atoms with E-state index < -0.39 is 6.04 Å². The second-order valence-electron chi connectivity index (χ2n) is 5.80. The third-order valence-electron chi connectivity index (χ3n) is 4.09. The van der Waals surface area contributed by atoms with E-state index >= 15 is 0 Å². The summed E-state index contributed by atoms with van der Waals surface area (Å²) >= 11 is 11.9. The lowest BCUT2D eigenvalue weighted by Crippen LogP contribution is -2.52. The lowest BCUT2D eigenvalue weighted by molar-refractivity contribution is -0.139. The van der Waals surface area contributed by atoms with Crippen molar-refractivity contribution in [2.24, 2.45) is 0 Å². The number of allylic oxidation sites excluding steroid dienone is 1. The Hall–Kier alpha value is -1.63. The van der Waals surface area contributed by atoms with Gasteiger partial charge in [-0.25, -0.2) is 4.79 Å². The molecule has 1 aromatic rings. The highest BCUT2D eigenvalue weighted by molar-refractivity contribution is 7.80. The van der Waals surface area contributed by atoms with Crippen molar-refractivity contribution in [1.82, 2.24) is 10.2 Å². The van der Waals surface area contributed by atoms with Crippen LogP contribution in [0.2, 0.25) is 5.02 Å². The quantitative estimate of drug-likeness (QED) is 0.600. The Morgan fingerprint density at radius 2 is 2.12 bits per heavy atom. The molecule has 0 aromatic heterocycles. The first-order chi connectivity index (χ1) is 11.9. The minimum absolute atomic E-state index is 0.0263. The van der Waals surface area contributed by atoms with Gasteiger partial charge in [-0.2, -0.15) is 0 Å². The van der Waals surface area contributed by atoms with Crippen molar-refractivity contribution >= 4 is 34.9 Å². The summed E-state index contributed by atoms with van der Waals surface area (Å²) in [6.45, 7) is 6.41. The smallest absolute Gasteiger partial charge is 0.338 e. The van der Waals surface area contributed by atoms with Gasteiger partial charge in [0.15, 0.2) is 5.11 Å². The van der Waals surface area contributed by atoms with Gasteiger partial charge in [0.05, 0.1) is 30.9 Å². The number of ether oxygens (including phenoxy) is 2. The van der Waals surface area contributed by atoms with Crippen molar-refractivity contribution in [2.75, 3.05) is 20.3 Å². The summed E-state index contributed by atoms with van der Waals surface area (Å²) in [6, 6.07) is 6.92. The van der Waals surface area contributed by atoms with E-state index in [0.29, 0.717) is 28.9 Å². The number of hydrogen-bond donors (Lipinski definition) is 1. The minimum atomic E-state index is -0.453. The molecule has 0 aliphatic carbocycles. The van der Waals surface area contributed by atoms with Crippen LogP contribution in [0.4, 0.5) is 0 Å². The van der Waals surface area contributed by atoms with Gasteiger partial charge in [-0.1, -0.05) is 29.8 Å². The number of rotatable bonds is 6. The third-order valence-corrected chi connectivity index (χ3v) is 4.75. The molecule has 1 heterocycles. The zero-order chi connectivity index (χ0) is 18.6. The summed E-state index contributed by atoms with van der Waals surface area (Å²) in [5, 5.41) is 4.33. The van der Waals surface area contributed by atoms with E-state index in [1.807, 2.05) is 36.9 Å². The van der Waals surface area contributed by atoms with Gasteiger partial charge in [0.25, 0.3) is 0 Å². The lowest BCUT2D eigenvalue weighted by atomic mass is 9.94. The van der Waals surface area contributed by atoms with Gasteiger partial charge in [0.1, 0.15) is 0 Å². The van der Waals surface area contributed by atoms with Crippen LogP contribution in [0, 0.1) is 0 Å². The van der Waals surface area contributed by atoms with Gasteiger partial charge in [-0.15, -0.1) is 0 Å². The molecule has 0 bridgehead atoms. The molecule has 0 unspecified atom stereocenters. The summed E-state index contributed by atoms with van der Waals surface area (Å²) in [7, 11) is 1.63. The average molecular weight is 383 g/mol. The van der Waals surface area contributed by atoms with Crippen LogP contribution >= 0.6 is 23.8 Å². The molecule has 1 aliphatic heterocycles. The van der Waals surface area contributed by atoms with Crippen LogP contribution in [-0.4, -0.2) is 42.3 Å². The molecule has 2 atom stereocenters. The van der Waals surface area contributed by atoms with Crippen LogP contribution < -0.4 is 5.32 Å². The molecule has 25 heavy (non-hydrogen) atoms. The fourth-order valence-electron chi connectivity index (χ4n) is 3.02. The van der Waals surface area contributed by atoms with E-state index in [1.54, 1.807) is 20.1 Å². The van der Waals surface area contributed by atoms with Crippen LogP contribution in [-0.2, 0) is 14.3 Å². The van der Waals surface area contributed by atoms with Crippen molar-refractivity contribution < 1.29 is 14.3 Å². The zero-order valence-corrected chi connectivity index (χ0v) is 16.4. The van der Waals surface area contributed by atoms with Crippen molar-refractivity contribution in [1.29, 1.82) is 0 Å². The van der Waals surface area contributed by atoms with Crippen LogP contribution in [0.3, 0.4) is 0 Å². The van der Waals surface area contributed by atoms with E-state index in [4.69, 9.17) is 33.3 Å². The number of methoxy groups -OCH3 is 1. The molecule has 0 saturated carbocycles. The van der Waals surface area contributed by atoms with Crippen molar-refractivity contribution in [3.05, 3.63) is 46.1 Å². The number of esters is 1. The van der Waals surface area contributed by atoms with Crippen LogP contribution in [0.15, 0.2) is 35.5 Å². The molecule has 0 radical (unpaired) electrons. The highest BCUT2D eigenvalue weighted by Crippen LogP contribution is 2.35. The van der Waals surface area contributed by atoms with Crippen LogP contribution in [0.1, 0.15) is 32.4 Å². The number of halogens is 1. The highest BCUT2D eigenvalue weighted by atomic mass is 35.5. The first-order valence-corrected chi connectivity index (χ1v) is 8.91. The number of nitrogens with one attached hydrogen (secondary N) is 1. The number of carbonyl (C=O) groups excluding carboxylic acids is 1. The van der Waals surface area contributed by atoms with Gasteiger partial charge in [0.2, 0.25) is 0 Å². The predicted octanol–water partition coefficient (Wildman–Crippen LogP) is 3.44. The monoisotopic (exact) mass is 382 g/mol. The molecular formula is C18H23ClN2O3S. The molecular weight excluding hydrogens is 360 g/mol. The summed E-state index contributed by atoms with van der Waals surface area (Å²) in [6.07, 6.45) is 0. The van der Waals surface area contributed by atoms with E-state index in [0.717, 1.165) is 11.3 Å². The summed E-state index contributed by atoms with van der Waals surface area (Å²) in [4.78, 5) is 14.6. The molecule has 1 aromatic carbocycles. The maximum Gasteiger partial charge on any atom is 0.338 e. The molecule has 0 amide bonds. The summed E-state index contributed by atoms with van der Waals surface area (Å²) < 4.78 is 10.5. The van der Waals surface area contributed by atoms with E-state index in [1.165, 1.54) is 0 Å². The molecule has 136 valence electrons. The van der Waals surface area contributed by atoms with Gasteiger partial charge < -0.3 is 19.7 Å². The second kappa shape index (κ2) is 8.65. The van der Waals surface area contributed by atoms with Crippen LogP contribution in [0.25, 0.3) is 0 Å². The number of thiocarbonyl (C=S) groups is 1. The van der Waals surface area contributed by atoms with E-state index in [2.05, 4.69) is 5.32 Å². The Morgan fingerprint density at radius 3 is 2.72 bits per heavy atom. The largest absolute Gasteiger partial charge is 0.463 e. The SMILES string of the molecule is CCOC(=O)C1=C(C)N([C@H](C)COC)C(=S)N[C@H]1c1ccccc1Cl. The molecule has 0 fully saturated rings. The maximum atomic E-state index is 12.7. The average Bonchev–Trinajstić information content (AvgIpc) is 2.55. The third kappa shape index (κ3) is 4.14. The fraction of sp³-hybridized carbons (Fsp3) is 0.444. The fourth-order valence-corrected chi connectivity index (χ4v) is 3.70. The van der Waals surface area contributed by atoms with E-state index in [-0.39, 0.29) is 12.0 Å². The van der Waals surface area contributed by atoms with Crippen molar-refractivity contribution in [3.63, 3.8) is 0 Å². The Labute approximate surface area is 158 Å². The molecule has 7 heteroatoms. The standard InChI is InChI=1S/C18H23ClN2O3S/c1-5-24-17(22)15-12(3)21(11(2)10-23-4)18(25)20-16(15)13-8-6-7-9-14(13)19/h6-9,11,16H,5,10H2,1-4H3,(H,20,25)/t11-,16+/m1/s1. The Bertz CT molecular complexity index is 693. The number of nitrogens with zero attached hydrogens (tertiary/aromatic N) is 1. The Kier molecular flexibility index (Phi) is 6.81. The van der Waals surface area contributed by atoms with Crippen molar-refractivity contribution in [2.45, 2.75) is 32.9 Å². The Morgan fingerprint density at radius 1 is 1.44 bits per heavy atom. The van der Waals surface area contributed by atoms with Gasteiger partial charge in [-0.05, 0) is 44.6 Å². The van der Waals surface area contributed by atoms with Gasteiger partial charge in [-0.3, -0.25) is 0 Å². The Balaban J connectivity index is 2.55. The predicted molar refractivity (Wildman–Crippen MR) is 102 cm³/mol. The molecule has 0 spiro atoms. The normalized spacial score (nSPS) is 18.8. The van der Waals surface area contributed by atoms with E-state index in [9.17, 15) is 4.79 Å².